The number of hydrogen-bond acceptors (Lipinski definition) is 2. The third-order valence-electron chi connectivity index (χ3n) is 5.67. The second kappa shape index (κ2) is 20.4. The van der Waals surface area contributed by atoms with Crippen molar-refractivity contribution in [1.29, 1.82) is 0 Å². The molecule has 0 unspecified atom stereocenters. The van der Waals surface area contributed by atoms with Gasteiger partial charge in [-0.1, -0.05) is 114 Å². The standard InChI is InChI=1S/C31H42N2.Pd/c1-3-5-7-9-11-13-21-27-31(33-29-24-18-15-19-25-29)30(26-20-12-10-8-6-4-2)32-28-22-16-14-17-23-28;/h14-19,22-25H,3-13,20,26H2,1-2H3;. The van der Waals surface area contributed by atoms with Crippen LogP contribution in [0, 0.1) is 11.8 Å². The van der Waals surface area contributed by atoms with Gasteiger partial charge < -0.3 is 0 Å². The molecule has 0 atom stereocenters. The van der Waals surface area contributed by atoms with Gasteiger partial charge in [0, 0.05) is 26.8 Å². The van der Waals surface area contributed by atoms with Crippen molar-refractivity contribution in [1.82, 2.24) is 0 Å². The summed E-state index contributed by atoms with van der Waals surface area (Å²) in [7, 11) is 0. The van der Waals surface area contributed by atoms with E-state index >= 15 is 0 Å². The summed E-state index contributed by atoms with van der Waals surface area (Å²) in [5.74, 6) is 6.82. The molecule has 0 amide bonds. The van der Waals surface area contributed by atoms with Gasteiger partial charge in [-0.2, -0.15) is 0 Å². The molecule has 0 fully saturated rings. The van der Waals surface area contributed by atoms with E-state index in [9.17, 15) is 0 Å². The first kappa shape index (κ1) is 30.0. The quantitative estimate of drug-likeness (QED) is 0.0915. The van der Waals surface area contributed by atoms with E-state index in [-0.39, 0.29) is 20.4 Å². The van der Waals surface area contributed by atoms with Crippen molar-refractivity contribution >= 4 is 22.8 Å². The van der Waals surface area contributed by atoms with Crippen LogP contribution in [0.5, 0.6) is 0 Å². The zero-order valence-electron chi connectivity index (χ0n) is 21.2. The summed E-state index contributed by atoms with van der Waals surface area (Å²) in [5.41, 5.74) is 3.75. The van der Waals surface area contributed by atoms with Crippen molar-refractivity contribution in [2.45, 2.75) is 97.3 Å². The molecule has 0 aliphatic carbocycles. The zero-order valence-corrected chi connectivity index (χ0v) is 22.7. The average molecular weight is 549 g/mol. The van der Waals surface area contributed by atoms with E-state index in [0.29, 0.717) is 0 Å². The van der Waals surface area contributed by atoms with Gasteiger partial charge in [0.05, 0.1) is 17.1 Å². The fourth-order valence-corrected chi connectivity index (χ4v) is 3.72. The van der Waals surface area contributed by atoms with Gasteiger partial charge in [-0.3, -0.25) is 4.99 Å². The van der Waals surface area contributed by atoms with Gasteiger partial charge in [-0.05, 0) is 49.4 Å². The van der Waals surface area contributed by atoms with Crippen LogP contribution in [0.2, 0.25) is 0 Å². The molecule has 0 radical (unpaired) electrons. The largest absolute Gasteiger partial charge is 0.251 e. The number of nitrogens with zero attached hydrogens (tertiary/aromatic N) is 2. The van der Waals surface area contributed by atoms with Crippen molar-refractivity contribution in [2.24, 2.45) is 9.98 Å². The molecule has 0 aliphatic rings. The molecule has 2 aromatic carbocycles. The van der Waals surface area contributed by atoms with Gasteiger partial charge in [-0.25, -0.2) is 4.99 Å². The summed E-state index contributed by atoms with van der Waals surface area (Å²) in [6, 6.07) is 20.4. The summed E-state index contributed by atoms with van der Waals surface area (Å²) in [6.45, 7) is 4.52. The fraction of sp³-hybridized carbons (Fsp3) is 0.484. The van der Waals surface area contributed by atoms with Crippen molar-refractivity contribution in [3.05, 3.63) is 60.7 Å². The summed E-state index contributed by atoms with van der Waals surface area (Å²) in [5, 5.41) is 0. The van der Waals surface area contributed by atoms with E-state index < -0.39 is 0 Å². The Labute approximate surface area is 222 Å². The van der Waals surface area contributed by atoms with Crippen LogP contribution in [0.1, 0.15) is 97.3 Å². The smallest absolute Gasteiger partial charge is 0.135 e. The number of hydrogen-bond donors (Lipinski definition) is 0. The Morgan fingerprint density at radius 1 is 0.618 bits per heavy atom. The van der Waals surface area contributed by atoms with E-state index in [1.807, 2.05) is 48.5 Å². The van der Waals surface area contributed by atoms with Gasteiger partial charge in [-0.15, -0.1) is 0 Å². The summed E-state index contributed by atoms with van der Waals surface area (Å²) < 4.78 is 0. The van der Waals surface area contributed by atoms with Gasteiger partial charge in [0.15, 0.2) is 0 Å². The summed E-state index contributed by atoms with van der Waals surface area (Å²) >= 11 is 0. The molecular formula is C31H42N2Pd. The number of rotatable bonds is 15. The molecule has 0 N–H and O–H groups in total. The maximum absolute atomic E-state index is 5.01. The molecule has 0 saturated carbocycles. The van der Waals surface area contributed by atoms with E-state index in [4.69, 9.17) is 9.98 Å². The van der Waals surface area contributed by atoms with Crippen molar-refractivity contribution in [3.63, 3.8) is 0 Å². The Balaban J connectivity index is 0.00000578. The molecule has 0 bridgehead atoms. The molecule has 2 rings (SSSR count). The normalized spacial score (nSPS) is 11.5. The molecular weight excluding hydrogens is 507 g/mol. The molecule has 2 nitrogen and oxygen atoms in total. The third-order valence-corrected chi connectivity index (χ3v) is 5.67. The summed E-state index contributed by atoms with van der Waals surface area (Å²) in [4.78, 5) is 9.95. The number of aliphatic imine (C=N–C) groups is 2. The molecule has 0 saturated heterocycles. The van der Waals surface area contributed by atoms with Gasteiger partial charge in [0.2, 0.25) is 0 Å². The minimum absolute atomic E-state index is 0. The van der Waals surface area contributed by atoms with Crippen LogP contribution < -0.4 is 0 Å². The van der Waals surface area contributed by atoms with E-state index in [0.717, 1.165) is 48.5 Å². The van der Waals surface area contributed by atoms with Crippen molar-refractivity contribution in [3.8, 4) is 11.8 Å². The van der Waals surface area contributed by atoms with Gasteiger partial charge in [0.25, 0.3) is 0 Å². The topological polar surface area (TPSA) is 24.7 Å². The number of benzene rings is 2. The second-order valence-electron chi connectivity index (χ2n) is 8.67. The third kappa shape index (κ3) is 13.6. The Morgan fingerprint density at radius 3 is 1.71 bits per heavy atom. The van der Waals surface area contributed by atoms with Gasteiger partial charge in [0.1, 0.15) is 5.71 Å². The van der Waals surface area contributed by atoms with Crippen LogP contribution in [0.3, 0.4) is 0 Å². The Hall–Kier alpha value is -2.00. The molecule has 0 aromatic heterocycles. The molecule has 34 heavy (non-hydrogen) atoms. The first-order valence-corrected chi connectivity index (χ1v) is 13.1. The molecule has 0 aliphatic heterocycles. The monoisotopic (exact) mass is 548 g/mol. The first-order chi connectivity index (χ1) is 16.3. The minimum atomic E-state index is 0. The van der Waals surface area contributed by atoms with Crippen LogP contribution in [0.25, 0.3) is 0 Å². The molecule has 0 spiro atoms. The minimum Gasteiger partial charge on any atom is -0.251 e. The predicted molar refractivity (Wildman–Crippen MR) is 146 cm³/mol. The molecule has 3 heteroatoms. The predicted octanol–water partition coefficient (Wildman–Crippen LogP) is 9.64. The second-order valence-corrected chi connectivity index (χ2v) is 8.67. The van der Waals surface area contributed by atoms with E-state index in [2.05, 4.69) is 37.8 Å². The molecule has 0 heterocycles. The SMILES string of the molecule is CCCCCCCC#CC(=Nc1ccccc1)C(CCCCCCCC)=Nc1ccccc1.[Pd]. The zero-order chi connectivity index (χ0) is 23.4. The molecule has 2 aromatic rings. The first-order valence-electron chi connectivity index (χ1n) is 13.1. The van der Waals surface area contributed by atoms with Crippen molar-refractivity contribution < 1.29 is 20.4 Å². The van der Waals surface area contributed by atoms with E-state index in [1.165, 1.54) is 57.8 Å². The Bertz CT molecular complexity index is 876. The number of para-hydroxylation sites is 2. The maximum Gasteiger partial charge on any atom is 0.135 e. The number of unbranched alkanes of at least 4 members (excludes halogenated alkanes) is 10. The van der Waals surface area contributed by atoms with E-state index in [1.54, 1.807) is 0 Å². The molecule has 186 valence electrons. The van der Waals surface area contributed by atoms with Crippen LogP contribution >= 0.6 is 0 Å². The van der Waals surface area contributed by atoms with Crippen LogP contribution in [-0.4, -0.2) is 11.4 Å². The fourth-order valence-electron chi connectivity index (χ4n) is 3.72. The Morgan fingerprint density at radius 2 is 1.12 bits per heavy atom. The average Bonchev–Trinajstić information content (AvgIpc) is 2.85. The van der Waals surface area contributed by atoms with Crippen LogP contribution in [0.4, 0.5) is 11.4 Å². The van der Waals surface area contributed by atoms with Crippen molar-refractivity contribution in [2.75, 3.05) is 0 Å². The Kier molecular flexibility index (Phi) is 18.0. The van der Waals surface area contributed by atoms with Crippen LogP contribution in [0.15, 0.2) is 70.6 Å². The van der Waals surface area contributed by atoms with Gasteiger partial charge >= 0.3 is 0 Å². The summed E-state index contributed by atoms with van der Waals surface area (Å²) in [6.07, 6.45) is 15.7. The maximum atomic E-state index is 5.01. The van der Waals surface area contributed by atoms with Crippen LogP contribution in [-0.2, 0) is 20.4 Å².